The summed E-state index contributed by atoms with van der Waals surface area (Å²) in [4.78, 5) is 0. The lowest BCUT2D eigenvalue weighted by Crippen LogP contribution is -2.40. The highest BCUT2D eigenvalue weighted by Crippen LogP contribution is 2.40. The molecule has 0 bridgehead atoms. The van der Waals surface area contributed by atoms with E-state index in [0.29, 0.717) is 12.6 Å². The third kappa shape index (κ3) is 3.18. The third-order valence-corrected chi connectivity index (χ3v) is 4.29. The van der Waals surface area contributed by atoms with Crippen LogP contribution in [0.25, 0.3) is 0 Å². The minimum absolute atomic E-state index is 0. The first-order valence-corrected chi connectivity index (χ1v) is 6.57. The molecule has 1 aliphatic rings. The van der Waals surface area contributed by atoms with Gasteiger partial charge in [-0.1, -0.05) is 23.7 Å². The molecule has 1 saturated carbocycles. The molecule has 1 aromatic rings. The highest BCUT2D eigenvalue weighted by atomic mass is 35.5. The molecule has 0 amide bonds. The van der Waals surface area contributed by atoms with E-state index in [-0.39, 0.29) is 17.8 Å². The van der Waals surface area contributed by atoms with Crippen molar-refractivity contribution in [1.29, 1.82) is 0 Å². The molecule has 0 heterocycles. The van der Waals surface area contributed by atoms with Gasteiger partial charge in [-0.2, -0.15) is 0 Å². The lowest BCUT2D eigenvalue weighted by Gasteiger charge is -2.39. The van der Waals surface area contributed by atoms with Gasteiger partial charge >= 0.3 is 0 Å². The van der Waals surface area contributed by atoms with Gasteiger partial charge in [-0.05, 0) is 43.4 Å². The molecule has 0 atom stereocenters. The summed E-state index contributed by atoms with van der Waals surface area (Å²) in [5.74, 6) is 0. The zero-order valence-electron chi connectivity index (χ0n) is 10.7. The Morgan fingerprint density at radius 1 is 1.39 bits per heavy atom. The van der Waals surface area contributed by atoms with E-state index in [1.807, 2.05) is 12.1 Å². The molecule has 0 radical (unpaired) electrons. The van der Waals surface area contributed by atoms with Crippen molar-refractivity contribution in [2.45, 2.75) is 37.2 Å². The van der Waals surface area contributed by atoms with Gasteiger partial charge in [0.15, 0.2) is 0 Å². The average Bonchev–Trinajstić information content (AvgIpc) is 2.39. The molecule has 0 aliphatic heterocycles. The van der Waals surface area contributed by atoms with Gasteiger partial charge in [-0.3, -0.25) is 0 Å². The number of hydrogen-bond donors (Lipinski definition) is 1. The van der Waals surface area contributed by atoms with Gasteiger partial charge in [-0.25, -0.2) is 0 Å². The Labute approximate surface area is 120 Å². The molecule has 2 nitrogen and oxygen atoms in total. The fraction of sp³-hybridized carbons (Fsp3) is 0.571. The Balaban J connectivity index is 0.00000162. The quantitative estimate of drug-likeness (QED) is 0.924. The highest BCUT2D eigenvalue weighted by Gasteiger charge is 2.35. The lowest BCUT2D eigenvalue weighted by molar-refractivity contribution is 0.0498. The molecule has 0 saturated heterocycles. The van der Waals surface area contributed by atoms with Crippen molar-refractivity contribution in [3.05, 3.63) is 34.9 Å². The first kappa shape index (κ1) is 15.8. The second-order valence-electron chi connectivity index (χ2n) is 4.93. The van der Waals surface area contributed by atoms with Gasteiger partial charge < -0.3 is 10.5 Å². The van der Waals surface area contributed by atoms with Gasteiger partial charge in [0.05, 0.1) is 6.10 Å². The Morgan fingerprint density at radius 3 is 2.56 bits per heavy atom. The maximum Gasteiger partial charge on any atom is 0.0572 e. The number of hydrogen-bond acceptors (Lipinski definition) is 2. The summed E-state index contributed by atoms with van der Waals surface area (Å²) in [6, 6.07) is 8.13. The summed E-state index contributed by atoms with van der Waals surface area (Å²) < 4.78 is 5.42. The zero-order chi connectivity index (χ0) is 12.3. The van der Waals surface area contributed by atoms with E-state index < -0.39 is 0 Å². The van der Waals surface area contributed by atoms with Crippen molar-refractivity contribution in [1.82, 2.24) is 0 Å². The van der Waals surface area contributed by atoms with E-state index >= 15 is 0 Å². The van der Waals surface area contributed by atoms with E-state index in [9.17, 15) is 0 Å². The molecule has 0 unspecified atom stereocenters. The molecule has 18 heavy (non-hydrogen) atoms. The second-order valence-corrected chi connectivity index (χ2v) is 5.37. The topological polar surface area (TPSA) is 35.2 Å². The van der Waals surface area contributed by atoms with Crippen LogP contribution in [0.4, 0.5) is 0 Å². The fourth-order valence-electron chi connectivity index (χ4n) is 2.81. The fourth-order valence-corrected chi connectivity index (χ4v) is 3.00. The number of halogens is 2. The molecule has 0 spiro atoms. The molecule has 102 valence electrons. The van der Waals surface area contributed by atoms with E-state index in [2.05, 4.69) is 12.1 Å². The van der Waals surface area contributed by atoms with Gasteiger partial charge in [0.25, 0.3) is 0 Å². The highest BCUT2D eigenvalue weighted by molar-refractivity contribution is 6.30. The van der Waals surface area contributed by atoms with E-state index in [4.69, 9.17) is 22.1 Å². The molecule has 1 fully saturated rings. The summed E-state index contributed by atoms with van der Waals surface area (Å²) >= 11 is 6.07. The van der Waals surface area contributed by atoms with Crippen molar-refractivity contribution in [3.63, 3.8) is 0 Å². The van der Waals surface area contributed by atoms with Crippen molar-refractivity contribution in [2.75, 3.05) is 13.7 Å². The van der Waals surface area contributed by atoms with Crippen molar-refractivity contribution >= 4 is 24.0 Å². The minimum Gasteiger partial charge on any atom is -0.381 e. The van der Waals surface area contributed by atoms with Crippen LogP contribution < -0.4 is 5.73 Å². The summed E-state index contributed by atoms with van der Waals surface area (Å²) in [6.07, 6.45) is 4.74. The van der Waals surface area contributed by atoms with Crippen LogP contribution in [0.3, 0.4) is 0 Å². The molecule has 1 aromatic carbocycles. The predicted molar refractivity (Wildman–Crippen MR) is 78.7 cm³/mol. The number of ether oxygens (including phenoxy) is 1. The van der Waals surface area contributed by atoms with Crippen LogP contribution in [0.1, 0.15) is 31.2 Å². The van der Waals surface area contributed by atoms with Crippen LogP contribution >= 0.6 is 24.0 Å². The van der Waals surface area contributed by atoms with E-state index in [0.717, 1.165) is 30.7 Å². The predicted octanol–water partition coefficient (Wildman–Crippen LogP) is 3.55. The average molecular weight is 290 g/mol. The van der Waals surface area contributed by atoms with Crippen molar-refractivity contribution < 1.29 is 4.74 Å². The van der Waals surface area contributed by atoms with Gasteiger partial charge in [0, 0.05) is 24.1 Å². The van der Waals surface area contributed by atoms with Crippen molar-refractivity contribution in [3.8, 4) is 0 Å². The monoisotopic (exact) mass is 289 g/mol. The Hall–Kier alpha value is -0.280. The van der Waals surface area contributed by atoms with E-state index in [1.165, 1.54) is 5.56 Å². The van der Waals surface area contributed by atoms with Crippen LogP contribution in [0, 0.1) is 0 Å². The number of rotatable bonds is 3. The Bertz CT molecular complexity index is 376. The number of benzene rings is 1. The summed E-state index contributed by atoms with van der Waals surface area (Å²) in [5, 5.41) is 0.796. The van der Waals surface area contributed by atoms with Gasteiger partial charge in [0.2, 0.25) is 0 Å². The molecular formula is C14H21Cl2NO. The number of methoxy groups -OCH3 is 1. The lowest BCUT2D eigenvalue weighted by atomic mass is 9.69. The third-order valence-electron chi connectivity index (χ3n) is 4.05. The second kappa shape index (κ2) is 6.76. The smallest absolute Gasteiger partial charge is 0.0572 e. The first-order chi connectivity index (χ1) is 8.20. The zero-order valence-corrected chi connectivity index (χ0v) is 12.3. The first-order valence-electron chi connectivity index (χ1n) is 6.19. The van der Waals surface area contributed by atoms with Crippen LogP contribution in [-0.2, 0) is 10.2 Å². The van der Waals surface area contributed by atoms with Gasteiger partial charge in [-0.15, -0.1) is 12.4 Å². The van der Waals surface area contributed by atoms with E-state index in [1.54, 1.807) is 7.11 Å². The van der Waals surface area contributed by atoms with Crippen LogP contribution in [-0.4, -0.2) is 19.8 Å². The minimum atomic E-state index is 0. The molecule has 4 heteroatoms. The summed E-state index contributed by atoms with van der Waals surface area (Å²) in [6.45, 7) is 0.684. The molecule has 2 rings (SSSR count). The van der Waals surface area contributed by atoms with Crippen LogP contribution in [0.15, 0.2) is 24.3 Å². The Morgan fingerprint density at radius 2 is 2.06 bits per heavy atom. The number of nitrogens with two attached hydrogens (primary N) is 1. The maximum absolute atomic E-state index is 6.07. The maximum atomic E-state index is 6.07. The van der Waals surface area contributed by atoms with Crippen molar-refractivity contribution in [2.24, 2.45) is 5.73 Å². The standard InChI is InChI=1S/C14H20ClNO.ClH/c1-17-13-5-7-14(10-16,8-6-13)11-3-2-4-12(15)9-11;/h2-4,9,13H,5-8,10,16H2,1H3;1H/t13-,14+;. The van der Waals surface area contributed by atoms with Gasteiger partial charge in [0.1, 0.15) is 0 Å². The summed E-state index contributed by atoms with van der Waals surface area (Å²) in [7, 11) is 1.79. The molecule has 1 aliphatic carbocycles. The van der Waals surface area contributed by atoms with Crippen LogP contribution in [0.5, 0.6) is 0 Å². The SMILES string of the molecule is CO[C@H]1CC[C@@](CN)(c2cccc(Cl)c2)CC1.Cl. The molecular weight excluding hydrogens is 269 g/mol. The molecule has 0 aromatic heterocycles. The van der Waals surface area contributed by atoms with Crippen LogP contribution in [0.2, 0.25) is 5.02 Å². The summed E-state index contributed by atoms with van der Waals surface area (Å²) in [5.41, 5.74) is 7.40. The largest absolute Gasteiger partial charge is 0.381 e. The Kier molecular flexibility index (Phi) is 5.93. The molecule has 2 N–H and O–H groups in total. The normalized spacial score (nSPS) is 27.6.